The third kappa shape index (κ3) is 4.84. The fourth-order valence-corrected chi connectivity index (χ4v) is 2.70. The summed E-state index contributed by atoms with van der Waals surface area (Å²) in [6.45, 7) is 13.5. The Hall–Kier alpha value is -0.160. The molecule has 0 aliphatic carbocycles. The lowest BCUT2D eigenvalue weighted by Gasteiger charge is -2.36. The van der Waals surface area contributed by atoms with E-state index in [9.17, 15) is 0 Å². The second-order valence-electron chi connectivity index (χ2n) is 5.85. The molecule has 0 N–H and O–H groups in total. The topological polar surface area (TPSA) is 24.9 Å². The SMILES string of the molecule is CC(C)CN1CCN(CCC2OCCCO2)CC1. The highest BCUT2D eigenvalue weighted by Gasteiger charge is 2.20. The molecule has 2 saturated heterocycles. The van der Waals surface area contributed by atoms with Gasteiger partial charge in [0.15, 0.2) is 6.29 Å². The zero-order valence-corrected chi connectivity index (χ0v) is 11.9. The van der Waals surface area contributed by atoms with Crippen LogP contribution in [0.1, 0.15) is 26.7 Å². The number of rotatable bonds is 5. The lowest BCUT2D eigenvalue weighted by molar-refractivity contribution is -0.183. The van der Waals surface area contributed by atoms with Gasteiger partial charge in [0.1, 0.15) is 0 Å². The highest BCUT2D eigenvalue weighted by Crippen LogP contribution is 2.11. The second-order valence-corrected chi connectivity index (χ2v) is 5.85. The molecule has 2 aliphatic heterocycles. The maximum absolute atomic E-state index is 5.58. The number of hydrogen-bond donors (Lipinski definition) is 0. The molecule has 18 heavy (non-hydrogen) atoms. The van der Waals surface area contributed by atoms with Gasteiger partial charge in [0.2, 0.25) is 0 Å². The summed E-state index contributed by atoms with van der Waals surface area (Å²) in [4.78, 5) is 5.12. The van der Waals surface area contributed by atoms with E-state index >= 15 is 0 Å². The molecule has 4 heteroatoms. The van der Waals surface area contributed by atoms with Gasteiger partial charge in [-0.15, -0.1) is 0 Å². The summed E-state index contributed by atoms with van der Waals surface area (Å²) in [6, 6.07) is 0. The minimum atomic E-state index is 0.0486. The van der Waals surface area contributed by atoms with Crippen molar-refractivity contribution in [2.75, 3.05) is 52.5 Å². The molecular formula is C14H28N2O2. The van der Waals surface area contributed by atoms with E-state index in [0.29, 0.717) is 0 Å². The summed E-state index contributed by atoms with van der Waals surface area (Å²) in [5, 5.41) is 0. The molecule has 106 valence electrons. The molecule has 2 aliphatic rings. The third-order valence-corrected chi connectivity index (χ3v) is 3.67. The smallest absolute Gasteiger partial charge is 0.158 e. The maximum Gasteiger partial charge on any atom is 0.158 e. The normalized spacial score (nSPS) is 24.8. The van der Waals surface area contributed by atoms with Crippen molar-refractivity contribution in [3.63, 3.8) is 0 Å². The van der Waals surface area contributed by atoms with Crippen LogP contribution in [-0.4, -0.2) is 68.6 Å². The number of piperazine rings is 1. The Bertz CT molecular complexity index is 222. The molecule has 0 saturated carbocycles. The van der Waals surface area contributed by atoms with E-state index in [0.717, 1.165) is 38.5 Å². The number of ether oxygens (including phenoxy) is 2. The Morgan fingerprint density at radius 1 is 1.00 bits per heavy atom. The molecule has 0 unspecified atom stereocenters. The summed E-state index contributed by atoms with van der Waals surface area (Å²) < 4.78 is 11.2. The average molecular weight is 256 g/mol. The van der Waals surface area contributed by atoms with Crippen molar-refractivity contribution >= 4 is 0 Å². The van der Waals surface area contributed by atoms with Gasteiger partial charge < -0.3 is 19.3 Å². The standard InChI is InChI=1S/C14H28N2O2/c1-13(2)12-16-8-6-15(7-9-16)5-4-14-17-10-3-11-18-14/h13-14H,3-12H2,1-2H3. The van der Waals surface area contributed by atoms with Gasteiger partial charge in [-0.3, -0.25) is 0 Å². The van der Waals surface area contributed by atoms with E-state index < -0.39 is 0 Å². The molecule has 0 aromatic carbocycles. The van der Waals surface area contributed by atoms with Crippen LogP contribution >= 0.6 is 0 Å². The molecule has 0 aromatic rings. The van der Waals surface area contributed by atoms with E-state index in [-0.39, 0.29) is 6.29 Å². The minimum Gasteiger partial charge on any atom is -0.353 e. The van der Waals surface area contributed by atoms with E-state index in [1.807, 2.05) is 0 Å². The molecule has 0 atom stereocenters. The molecule has 0 bridgehead atoms. The van der Waals surface area contributed by atoms with Crippen LogP contribution in [0, 0.1) is 5.92 Å². The van der Waals surface area contributed by atoms with Crippen molar-refractivity contribution in [1.82, 2.24) is 9.80 Å². The van der Waals surface area contributed by atoms with Crippen LogP contribution in [0.25, 0.3) is 0 Å². The number of hydrogen-bond acceptors (Lipinski definition) is 4. The predicted molar refractivity (Wildman–Crippen MR) is 72.6 cm³/mol. The third-order valence-electron chi connectivity index (χ3n) is 3.67. The lowest BCUT2D eigenvalue weighted by atomic mass is 10.2. The highest BCUT2D eigenvalue weighted by molar-refractivity contribution is 4.73. The zero-order valence-electron chi connectivity index (χ0n) is 11.9. The van der Waals surface area contributed by atoms with E-state index in [4.69, 9.17) is 9.47 Å². The molecule has 2 heterocycles. The molecule has 0 spiro atoms. The molecule has 2 fully saturated rings. The second kappa shape index (κ2) is 7.43. The first-order valence-electron chi connectivity index (χ1n) is 7.42. The first-order valence-corrected chi connectivity index (χ1v) is 7.42. The largest absolute Gasteiger partial charge is 0.353 e. The van der Waals surface area contributed by atoms with Crippen molar-refractivity contribution in [3.05, 3.63) is 0 Å². The summed E-state index contributed by atoms with van der Waals surface area (Å²) in [5.74, 6) is 0.778. The van der Waals surface area contributed by atoms with Crippen LogP contribution in [0.4, 0.5) is 0 Å². The van der Waals surface area contributed by atoms with Gasteiger partial charge in [0.05, 0.1) is 13.2 Å². The summed E-state index contributed by atoms with van der Waals surface area (Å²) in [5.41, 5.74) is 0. The van der Waals surface area contributed by atoms with Crippen molar-refractivity contribution in [2.45, 2.75) is 33.0 Å². The van der Waals surface area contributed by atoms with Gasteiger partial charge in [-0.05, 0) is 12.3 Å². The Balaban J connectivity index is 1.58. The van der Waals surface area contributed by atoms with Gasteiger partial charge in [0, 0.05) is 45.7 Å². The average Bonchev–Trinajstić information content (AvgIpc) is 2.38. The van der Waals surface area contributed by atoms with Crippen LogP contribution in [0.2, 0.25) is 0 Å². The Morgan fingerprint density at radius 3 is 2.22 bits per heavy atom. The summed E-state index contributed by atoms with van der Waals surface area (Å²) in [6.07, 6.45) is 2.11. The Morgan fingerprint density at radius 2 is 1.61 bits per heavy atom. The first kappa shape index (κ1) is 14.3. The number of nitrogens with zero attached hydrogens (tertiary/aromatic N) is 2. The van der Waals surface area contributed by atoms with Crippen molar-refractivity contribution in [3.8, 4) is 0 Å². The summed E-state index contributed by atoms with van der Waals surface area (Å²) >= 11 is 0. The maximum atomic E-state index is 5.58. The first-order chi connectivity index (χ1) is 8.74. The Kier molecular flexibility index (Phi) is 5.89. The van der Waals surface area contributed by atoms with Crippen LogP contribution < -0.4 is 0 Å². The van der Waals surface area contributed by atoms with Gasteiger partial charge in [-0.1, -0.05) is 13.8 Å². The van der Waals surface area contributed by atoms with Crippen LogP contribution in [0.5, 0.6) is 0 Å². The van der Waals surface area contributed by atoms with Gasteiger partial charge in [-0.2, -0.15) is 0 Å². The molecule has 0 amide bonds. The van der Waals surface area contributed by atoms with E-state index in [1.54, 1.807) is 0 Å². The lowest BCUT2D eigenvalue weighted by Crippen LogP contribution is -2.48. The monoisotopic (exact) mass is 256 g/mol. The van der Waals surface area contributed by atoms with Crippen molar-refractivity contribution < 1.29 is 9.47 Å². The fourth-order valence-electron chi connectivity index (χ4n) is 2.70. The fraction of sp³-hybridized carbons (Fsp3) is 1.00. The summed E-state index contributed by atoms with van der Waals surface area (Å²) in [7, 11) is 0. The van der Waals surface area contributed by atoms with Crippen molar-refractivity contribution in [2.24, 2.45) is 5.92 Å². The predicted octanol–water partition coefficient (Wildman–Crippen LogP) is 1.41. The molecule has 4 nitrogen and oxygen atoms in total. The minimum absolute atomic E-state index is 0.0486. The molecule has 0 radical (unpaired) electrons. The molecule has 2 rings (SSSR count). The Labute approximate surface area is 111 Å². The van der Waals surface area contributed by atoms with Crippen molar-refractivity contribution in [1.29, 1.82) is 0 Å². The van der Waals surface area contributed by atoms with Gasteiger partial charge in [-0.25, -0.2) is 0 Å². The highest BCUT2D eigenvalue weighted by atomic mass is 16.7. The van der Waals surface area contributed by atoms with Gasteiger partial charge >= 0.3 is 0 Å². The van der Waals surface area contributed by atoms with E-state index in [2.05, 4.69) is 23.6 Å². The van der Waals surface area contributed by atoms with Crippen LogP contribution in [0.15, 0.2) is 0 Å². The quantitative estimate of drug-likeness (QED) is 0.742. The van der Waals surface area contributed by atoms with Crippen LogP contribution in [0.3, 0.4) is 0 Å². The molecular weight excluding hydrogens is 228 g/mol. The van der Waals surface area contributed by atoms with Gasteiger partial charge in [0.25, 0.3) is 0 Å². The van der Waals surface area contributed by atoms with E-state index in [1.165, 1.54) is 32.7 Å². The molecule has 0 aromatic heterocycles. The van der Waals surface area contributed by atoms with Crippen LogP contribution in [-0.2, 0) is 9.47 Å². The zero-order chi connectivity index (χ0) is 12.8.